The van der Waals surface area contributed by atoms with E-state index in [4.69, 9.17) is 23.2 Å². The van der Waals surface area contributed by atoms with Gasteiger partial charge in [-0.25, -0.2) is 4.79 Å². The van der Waals surface area contributed by atoms with Crippen LogP contribution in [0.5, 0.6) is 11.5 Å². The second-order valence-electron chi connectivity index (χ2n) is 4.34. The third-order valence-corrected chi connectivity index (χ3v) is 3.44. The molecule has 0 aliphatic rings. The van der Waals surface area contributed by atoms with Gasteiger partial charge in [-0.15, -0.1) is 0 Å². The SMILES string of the molecule is COC(=O)c1cc(C(=O)c2cc(Cl)cc(Cl)c2O)ccc1O. The lowest BCUT2D eigenvalue weighted by Crippen LogP contribution is -2.07. The van der Waals surface area contributed by atoms with Gasteiger partial charge in [0.1, 0.15) is 17.1 Å². The topological polar surface area (TPSA) is 83.8 Å². The van der Waals surface area contributed by atoms with Gasteiger partial charge in [-0.2, -0.15) is 0 Å². The molecule has 2 aromatic rings. The fourth-order valence-electron chi connectivity index (χ4n) is 1.85. The first-order valence-electron chi connectivity index (χ1n) is 5.99. The minimum absolute atomic E-state index is 0.0619. The molecular formula is C15H10Cl2O5. The second-order valence-corrected chi connectivity index (χ2v) is 5.18. The smallest absolute Gasteiger partial charge is 0.341 e. The van der Waals surface area contributed by atoms with Gasteiger partial charge in [0.2, 0.25) is 0 Å². The second kappa shape index (κ2) is 6.25. The summed E-state index contributed by atoms with van der Waals surface area (Å²) in [6.07, 6.45) is 0. The Morgan fingerprint density at radius 1 is 1.05 bits per heavy atom. The van der Waals surface area contributed by atoms with Gasteiger partial charge in [0.05, 0.1) is 17.7 Å². The molecule has 0 saturated carbocycles. The van der Waals surface area contributed by atoms with E-state index in [1.807, 2.05) is 0 Å². The first-order valence-corrected chi connectivity index (χ1v) is 6.74. The first kappa shape index (κ1) is 16.1. The number of benzene rings is 2. The zero-order chi connectivity index (χ0) is 16.4. The lowest BCUT2D eigenvalue weighted by Gasteiger charge is -2.08. The molecule has 0 aromatic heterocycles. The van der Waals surface area contributed by atoms with Gasteiger partial charge < -0.3 is 14.9 Å². The van der Waals surface area contributed by atoms with E-state index in [0.717, 1.165) is 13.2 Å². The third-order valence-electron chi connectivity index (χ3n) is 2.94. The van der Waals surface area contributed by atoms with Crippen LogP contribution >= 0.6 is 23.2 Å². The van der Waals surface area contributed by atoms with Crippen LogP contribution in [0, 0.1) is 0 Å². The molecule has 0 atom stereocenters. The fraction of sp³-hybridized carbons (Fsp3) is 0.0667. The summed E-state index contributed by atoms with van der Waals surface area (Å²) >= 11 is 11.6. The molecule has 0 aliphatic carbocycles. The predicted octanol–water partition coefficient (Wildman–Crippen LogP) is 3.42. The van der Waals surface area contributed by atoms with Crippen molar-refractivity contribution in [1.29, 1.82) is 0 Å². The van der Waals surface area contributed by atoms with Crippen molar-refractivity contribution >= 4 is 35.0 Å². The van der Waals surface area contributed by atoms with Crippen molar-refractivity contribution < 1.29 is 24.5 Å². The summed E-state index contributed by atoms with van der Waals surface area (Å²) in [4.78, 5) is 24.0. The maximum atomic E-state index is 12.4. The zero-order valence-corrected chi connectivity index (χ0v) is 12.8. The fourth-order valence-corrected chi connectivity index (χ4v) is 2.34. The number of halogens is 2. The largest absolute Gasteiger partial charge is 0.507 e. The zero-order valence-electron chi connectivity index (χ0n) is 11.3. The Hall–Kier alpha value is -2.24. The van der Waals surface area contributed by atoms with E-state index in [2.05, 4.69) is 4.74 Å². The van der Waals surface area contributed by atoms with Crippen molar-refractivity contribution in [3.05, 3.63) is 57.1 Å². The number of carbonyl (C=O) groups excluding carboxylic acids is 2. The molecule has 0 amide bonds. The molecule has 22 heavy (non-hydrogen) atoms. The number of phenolic OH excluding ortho intramolecular Hbond substituents is 2. The minimum Gasteiger partial charge on any atom is -0.507 e. The number of methoxy groups -OCH3 is 1. The highest BCUT2D eigenvalue weighted by Gasteiger charge is 2.20. The Labute approximate surface area is 135 Å². The molecule has 114 valence electrons. The average molecular weight is 341 g/mol. The molecule has 2 N–H and O–H groups in total. The van der Waals surface area contributed by atoms with E-state index in [0.29, 0.717) is 0 Å². The van der Waals surface area contributed by atoms with E-state index in [1.54, 1.807) is 0 Å². The Kier molecular flexibility index (Phi) is 4.59. The number of ether oxygens (including phenoxy) is 1. The van der Waals surface area contributed by atoms with Crippen LogP contribution < -0.4 is 0 Å². The molecule has 7 heteroatoms. The molecule has 2 rings (SSSR count). The summed E-state index contributed by atoms with van der Waals surface area (Å²) < 4.78 is 4.52. The Morgan fingerprint density at radius 3 is 2.36 bits per heavy atom. The number of phenols is 2. The predicted molar refractivity (Wildman–Crippen MR) is 81.0 cm³/mol. The molecule has 0 bridgehead atoms. The van der Waals surface area contributed by atoms with Crippen molar-refractivity contribution in [2.45, 2.75) is 0 Å². The van der Waals surface area contributed by atoms with Gasteiger partial charge in [0.15, 0.2) is 5.78 Å². The van der Waals surface area contributed by atoms with Gasteiger partial charge in [-0.05, 0) is 30.3 Å². The van der Waals surface area contributed by atoms with Crippen LogP contribution in [0.4, 0.5) is 0 Å². The van der Waals surface area contributed by atoms with E-state index in [-0.39, 0.29) is 32.5 Å². The van der Waals surface area contributed by atoms with Crippen LogP contribution in [0.3, 0.4) is 0 Å². The summed E-state index contributed by atoms with van der Waals surface area (Å²) in [6.45, 7) is 0. The number of hydrogen-bond acceptors (Lipinski definition) is 5. The number of carbonyl (C=O) groups is 2. The summed E-state index contributed by atoms with van der Waals surface area (Å²) in [6, 6.07) is 6.21. The van der Waals surface area contributed by atoms with Crippen LogP contribution in [0.2, 0.25) is 10.0 Å². The van der Waals surface area contributed by atoms with Crippen molar-refractivity contribution in [2.75, 3.05) is 7.11 Å². The molecule has 0 fully saturated rings. The maximum Gasteiger partial charge on any atom is 0.341 e. The average Bonchev–Trinajstić information content (AvgIpc) is 2.49. The van der Waals surface area contributed by atoms with E-state index < -0.39 is 17.5 Å². The van der Waals surface area contributed by atoms with Crippen molar-refractivity contribution in [1.82, 2.24) is 0 Å². The molecule has 0 spiro atoms. The number of ketones is 1. The van der Waals surface area contributed by atoms with Gasteiger partial charge in [-0.1, -0.05) is 23.2 Å². The van der Waals surface area contributed by atoms with Crippen molar-refractivity contribution in [3.8, 4) is 11.5 Å². The summed E-state index contributed by atoms with van der Waals surface area (Å²) in [5.74, 6) is -2.13. The highest BCUT2D eigenvalue weighted by Crippen LogP contribution is 2.33. The standard InChI is InChI=1S/C15H10Cl2O5/c1-22-15(21)9-4-7(2-3-12(9)18)13(19)10-5-8(16)6-11(17)14(10)20/h2-6,18,20H,1H3. The number of aromatic hydroxyl groups is 2. The number of hydrogen-bond donors (Lipinski definition) is 2. The van der Waals surface area contributed by atoms with Crippen LogP contribution in [-0.4, -0.2) is 29.1 Å². The lowest BCUT2D eigenvalue weighted by molar-refractivity contribution is 0.0597. The van der Waals surface area contributed by atoms with E-state index in [1.165, 1.54) is 24.3 Å². The molecular weight excluding hydrogens is 331 g/mol. The summed E-state index contributed by atoms with van der Waals surface area (Å²) in [5, 5.41) is 19.6. The Morgan fingerprint density at radius 2 is 1.73 bits per heavy atom. The van der Waals surface area contributed by atoms with Gasteiger partial charge >= 0.3 is 5.97 Å². The summed E-state index contributed by atoms with van der Waals surface area (Å²) in [5.41, 5.74) is -0.216. The normalized spacial score (nSPS) is 10.3. The maximum absolute atomic E-state index is 12.4. The molecule has 5 nitrogen and oxygen atoms in total. The molecule has 0 saturated heterocycles. The first-order chi connectivity index (χ1) is 10.3. The van der Waals surface area contributed by atoms with Crippen molar-refractivity contribution in [2.24, 2.45) is 0 Å². The van der Waals surface area contributed by atoms with Gasteiger partial charge in [0, 0.05) is 10.6 Å². The summed E-state index contributed by atoms with van der Waals surface area (Å²) in [7, 11) is 1.15. The highest BCUT2D eigenvalue weighted by atomic mass is 35.5. The number of esters is 1. The molecule has 0 aliphatic heterocycles. The third kappa shape index (κ3) is 3.00. The highest BCUT2D eigenvalue weighted by molar-refractivity contribution is 6.36. The van der Waals surface area contributed by atoms with E-state index >= 15 is 0 Å². The monoisotopic (exact) mass is 340 g/mol. The Bertz CT molecular complexity index is 771. The molecule has 0 unspecified atom stereocenters. The van der Waals surface area contributed by atoms with Gasteiger partial charge in [0.25, 0.3) is 0 Å². The van der Waals surface area contributed by atoms with Crippen LogP contribution in [0.25, 0.3) is 0 Å². The molecule has 0 heterocycles. The quantitative estimate of drug-likeness (QED) is 0.660. The van der Waals surface area contributed by atoms with Gasteiger partial charge in [-0.3, -0.25) is 4.79 Å². The lowest BCUT2D eigenvalue weighted by atomic mass is 10.00. The Balaban J connectivity index is 2.53. The molecule has 2 aromatic carbocycles. The minimum atomic E-state index is -0.791. The van der Waals surface area contributed by atoms with Crippen LogP contribution in [0.15, 0.2) is 30.3 Å². The van der Waals surface area contributed by atoms with Crippen LogP contribution in [0.1, 0.15) is 26.3 Å². The molecule has 0 radical (unpaired) electrons. The van der Waals surface area contributed by atoms with Crippen LogP contribution in [-0.2, 0) is 4.74 Å². The van der Waals surface area contributed by atoms with E-state index in [9.17, 15) is 19.8 Å². The van der Waals surface area contributed by atoms with Crippen molar-refractivity contribution in [3.63, 3.8) is 0 Å². The number of rotatable bonds is 3.